The molecule has 1 saturated heterocycles. The van der Waals surface area contributed by atoms with Gasteiger partial charge in [-0.2, -0.15) is 0 Å². The van der Waals surface area contributed by atoms with Crippen LogP contribution in [0.2, 0.25) is 0 Å². The summed E-state index contributed by atoms with van der Waals surface area (Å²) in [6, 6.07) is 0.951. The third-order valence-electron chi connectivity index (χ3n) is 3.37. The molecule has 1 heterocycles. The van der Waals surface area contributed by atoms with Crippen LogP contribution in [0.1, 0.15) is 0 Å². The van der Waals surface area contributed by atoms with Crippen molar-refractivity contribution in [2.75, 3.05) is 12.4 Å². The molecule has 1 aromatic rings. The lowest BCUT2D eigenvalue weighted by Crippen LogP contribution is -2.61. The summed E-state index contributed by atoms with van der Waals surface area (Å²) < 4.78 is 0. The van der Waals surface area contributed by atoms with Gasteiger partial charge in [0, 0.05) is 18.8 Å². The molecule has 14 heteroatoms. The molecule has 27 heavy (non-hydrogen) atoms. The van der Waals surface area contributed by atoms with E-state index in [0.29, 0.717) is 4.90 Å². The zero-order valence-electron chi connectivity index (χ0n) is 13.5. The number of phenolic OH excluding ortho intramolecular Hbond substituents is 1. The van der Waals surface area contributed by atoms with E-state index in [2.05, 4.69) is 5.32 Å². The molecule has 0 saturated carbocycles. The second-order valence-corrected chi connectivity index (χ2v) is 5.15. The SMILES string of the molecule is CN1C(=O)NC(=O)C(C(=O)NNC(=O)Nc2ccc(O)c([N+](=O)[O-])c2)C1=O. The molecular formula is C13H12N6O8. The number of carbonyl (C=O) groups excluding carboxylic acids is 5. The van der Waals surface area contributed by atoms with E-state index in [0.717, 1.165) is 25.2 Å². The quantitative estimate of drug-likeness (QED) is 0.186. The number of barbiturate groups is 1. The van der Waals surface area contributed by atoms with E-state index >= 15 is 0 Å². The van der Waals surface area contributed by atoms with E-state index in [-0.39, 0.29) is 5.69 Å². The van der Waals surface area contributed by atoms with Gasteiger partial charge in [-0.15, -0.1) is 0 Å². The van der Waals surface area contributed by atoms with Crippen LogP contribution < -0.4 is 21.5 Å². The predicted molar refractivity (Wildman–Crippen MR) is 84.9 cm³/mol. The molecular weight excluding hydrogens is 368 g/mol. The number of nitro groups is 1. The molecule has 0 radical (unpaired) electrons. The molecule has 1 aliphatic heterocycles. The minimum absolute atomic E-state index is 0.0805. The summed E-state index contributed by atoms with van der Waals surface area (Å²) in [5.41, 5.74) is 2.92. The maximum atomic E-state index is 11.9. The number of urea groups is 2. The van der Waals surface area contributed by atoms with Gasteiger partial charge in [0.05, 0.1) is 4.92 Å². The number of nitrogens with zero attached hydrogens (tertiary/aromatic N) is 2. The molecule has 5 N–H and O–H groups in total. The Morgan fingerprint density at radius 3 is 2.56 bits per heavy atom. The summed E-state index contributed by atoms with van der Waals surface area (Å²) in [6.07, 6.45) is 0. The number of amides is 7. The van der Waals surface area contributed by atoms with E-state index < -0.39 is 52.1 Å². The fourth-order valence-corrected chi connectivity index (χ4v) is 2.00. The third kappa shape index (κ3) is 4.06. The molecule has 1 aromatic carbocycles. The van der Waals surface area contributed by atoms with Gasteiger partial charge in [0.2, 0.25) is 5.91 Å². The van der Waals surface area contributed by atoms with E-state index in [4.69, 9.17) is 0 Å². The van der Waals surface area contributed by atoms with Crippen molar-refractivity contribution >= 4 is 41.2 Å². The monoisotopic (exact) mass is 380 g/mol. The molecule has 2 rings (SSSR count). The number of aromatic hydroxyl groups is 1. The molecule has 1 atom stereocenters. The van der Waals surface area contributed by atoms with Gasteiger partial charge in [-0.1, -0.05) is 0 Å². The molecule has 0 aliphatic carbocycles. The van der Waals surface area contributed by atoms with Gasteiger partial charge in [0.15, 0.2) is 11.7 Å². The summed E-state index contributed by atoms with van der Waals surface area (Å²) >= 11 is 0. The van der Waals surface area contributed by atoms with Crippen LogP contribution in [0.25, 0.3) is 0 Å². The van der Waals surface area contributed by atoms with Crippen molar-refractivity contribution in [2.45, 2.75) is 0 Å². The van der Waals surface area contributed by atoms with Crippen LogP contribution in [-0.4, -0.2) is 51.8 Å². The maximum Gasteiger partial charge on any atom is 0.337 e. The highest BCUT2D eigenvalue weighted by Gasteiger charge is 2.43. The number of benzene rings is 1. The number of hydrogen-bond acceptors (Lipinski definition) is 8. The average molecular weight is 380 g/mol. The smallest absolute Gasteiger partial charge is 0.337 e. The highest BCUT2D eigenvalue weighted by molar-refractivity contribution is 6.26. The Bertz CT molecular complexity index is 868. The second-order valence-electron chi connectivity index (χ2n) is 5.15. The van der Waals surface area contributed by atoms with Crippen molar-refractivity contribution in [1.29, 1.82) is 0 Å². The molecule has 0 aromatic heterocycles. The van der Waals surface area contributed by atoms with Crippen LogP contribution in [-0.2, 0) is 14.4 Å². The Hall–Kier alpha value is -4.23. The number of anilines is 1. The first kappa shape index (κ1) is 19.1. The van der Waals surface area contributed by atoms with Gasteiger partial charge in [-0.05, 0) is 12.1 Å². The first-order valence-corrected chi connectivity index (χ1v) is 7.08. The van der Waals surface area contributed by atoms with Gasteiger partial charge >= 0.3 is 17.7 Å². The van der Waals surface area contributed by atoms with Crippen LogP contribution in [0, 0.1) is 16.0 Å². The Labute approximate surface area is 149 Å². The minimum Gasteiger partial charge on any atom is -0.502 e. The molecule has 14 nitrogen and oxygen atoms in total. The summed E-state index contributed by atoms with van der Waals surface area (Å²) in [5, 5.41) is 24.0. The van der Waals surface area contributed by atoms with Gasteiger partial charge in [-0.3, -0.25) is 40.1 Å². The standard InChI is InChI=1S/C13H12N6O8/c1-18-11(23)8(9(21)15-13(18)25)10(22)16-17-12(24)14-5-2-3-7(20)6(4-5)19(26)27/h2-4,8,20H,1H3,(H,16,22)(H2,14,17,24)(H,15,21,25). The van der Waals surface area contributed by atoms with Crippen molar-refractivity contribution in [1.82, 2.24) is 21.1 Å². The van der Waals surface area contributed by atoms with Gasteiger partial charge < -0.3 is 10.4 Å². The third-order valence-corrected chi connectivity index (χ3v) is 3.37. The largest absolute Gasteiger partial charge is 0.502 e. The van der Waals surface area contributed by atoms with Crippen LogP contribution in [0.3, 0.4) is 0 Å². The lowest BCUT2D eigenvalue weighted by Gasteiger charge is -2.26. The minimum atomic E-state index is -1.89. The van der Waals surface area contributed by atoms with Crippen molar-refractivity contribution in [3.05, 3.63) is 28.3 Å². The molecule has 142 valence electrons. The van der Waals surface area contributed by atoms with Crippen molar-refractivity contribution in [3.63, 3.8) is 0 Å². The molecule has 0 bridgehead atoms. The lowest BCUT2D eigenvalue weighted by atomic mass is 10.1. The number of carbonyl (C=O) groups is 5. The molecule has 1 unspecified atom stereocenters. The first-order valence-electron chi connectivity index (χ1n) is 7.08. The molecule has 0 spiro atoms. The number of imide groups is 2. The predicted octanol–water partition coefficient (Wildman–Crippen LogP) is -1.22. The Morgan fingerprint density at radius 1 is 1.26 bits per heavy atom. The van der Waals surface area contributed by atoms with E-state index in [1.54, 1.807) is 5.32 Å². The maximum absolute atomic E-state index is 11.9. The summed E-state index contributed by atoms with van der Waals surface area (Å²) in [7, 11) is 1.06. The van der Waals surface area contributed by atoms with Crippen LogP contribution in [0.4, 0.5) is 21.0 Å². The van der Waals surface area contributed by atoms with Crippen molar-refractivity contribution in [2.24, 2.45) is 5.92 Å². The summed E-state index contributed by atoms with van der Waals surface area (Å²) in [5.74, 6) is -5.94. The topological polar surface area (TPSA) is 200 Å². The normalized spacial score (nSPS) is 16.4. The highest BCUT2D eigenvalue weighted by Crippen LogP contribution is 2.28. The van der Waals surface area contributed by atoms with Crippen LogP contribution in [0.5, 0.6) is 5.75 Å². The van der Waals surface area contributed by atoms with Crippen molar-refractivity contribution in [3.8, 4) is 5.75 Å². The number of rotatable bonds is 3. The average Bonchev–Trinajstić information content (AvgIpc) is 2.59. The van der Waals surface area contributed by atoms with Gasteiger partial charge in [0.25, 0.3) is 11.8 Å². The van der Waals surface area contributed by atoms with Gasteiger partial charge in [-0.25, -0.2) is 15.0 Å². The zero-order valence-corrected chi connectivity index (χ0v) is 13.5. The van der Waals surface area contributed by atoms with E-state index in [1.807, 2.05) is 10.9 Å². The summed E-state index contributed by atoms with van der Waals surface area (Å²) in [6.45, 7) is 0. The van der Waals surface area contributed by atoms with E-state index in [1.165, 1.54) is 0 Å². The number of nitro benzene ring substituents is 1. The zero-order chi connectivity index (χ0) is 20.3. The van der Waals surface area contributed by atoms with Crippen LogP contribution >= 0.6 is 0 Å². The number of nitrogens with one attached hydrogen (secondary N) is 4. The lowest BCUT2D eigenvalue weighted by molar-refractivity contribution is -0.385. The highest BCUT2D eigenvalue weighted by atomic mass is 16.6. The molecule has 1 fully saturated rings. The fraction of sp³-hybridized carbons (Fsp3) is 0.154. The fourth-order valence-electron chi connectivity index (χ4n) is 2.00. The first-order chi connectivity index (χ1) is 12.6. The second kappa shape index (κ2) is 7.34. The summed E-state index contributed by atoms with van der Waals surface area (Å²) in [4.78, 5) is 68.7. The van der Waals surface area contributed by atoms with E-state index in [9.17, 15) is 39.2 Å². The van der Waals surface area contributed by atoms with Crippen LogP contribution in [0.15, 0.2) is 18.2 Å². The van der Waals surface area contributed by atoms with Gasteiger partial charge in [0.1, 0.15) is 0 Å². The Kier molecular flexibility index (Phi) is 5.19. The van der Waals surface area contributed by atoms with Crippen molar-refractivity contribution < 1.29 is 34.0 Å². The molecule has 1 aliphatic rings. The molecule has 7 amide bonds. The number of phenols is 1. The number of hydrazine groups is 1. The Morgan fingerprint density at radius 2 is 1.93 bits per heavy atom. The number of hydrogen-bond donors (Lipinski definition) is 5. The Balaban J connectivity index is 1.97.